The van der Waals surface area contributed by atoms with Crippen LogP contribution in [-0.2, 0) is 95.1 Å². The van der Waals surface area contributed by atoms with E-state index >= 15 is 0 Å². The van der Waals surface area contributed by atoms with E-state index in [1.807, 2.05) is 0 Å². The highest BCUT2D eigenvalue weighted by molar-refractivity contribution is 7.81. The molecule has 21 aliphatic rings. The number of rotatable bonds is 30. The minimum Gasteiger partial charge on any atom is -0.387 e. The Morgan fingerprint density at radius 2 is 0.442 bits per heavy atom. The molecule has 56 heteroatoms. The molecule has 6 amide bonds. The number of nitrogens with one attached hydrogen (secondary N) is 7. The molecule has 21 aliphatic heterocycles. The molecule has 694 valence electrons. The van der Waals surface area contributed by atoms with E-state index in [9.17, 15) is 105 Å². The first kappa shape index (κ1) is 103. The van der Waals surface area contributed by atoms with Gasteiger partial charge in [0.25, 0.3) is 0 Å². The number of carbonyl (C=O) groups is 6. The Hall–Kier alpha value is -2.21. The minimum atomic E-state index is -2.42. The Bertz CT molecular complexity index is 3240. The van der Waals surface area contributed by atoms with Crippen LogP contribution >= 0.6 is 88.4 Å². The minimum absolute atomic E-state index is 0.00225. The molecular weight excluding hydrogens is 1750 g/mol. The van der Waals surface area contributed by atoms with Gasteiger partial charge in [-0.25, -0.2) is 0 Å². The third-order valence-corrected chi connectivity index (χ3v) is 23.8. The van der Waals surface area contributed by atoms with Crippen molar-refractivity contribution in [2.45, 2.75) is 270 Å². The van der Waals surface area contributed by atoms with Crippen molar-refractivity contribution < 1.29 is 172 Å². The molecule has 0 aromatic heterocycles. The smallest absolute Gasteiger partial charge is 0.237 e. The zero-order valence-corrected chi connectivity index (χ0v) is 70.2. The fourth-order valence-electron chi connectivity index (χ4n) is 13.7. The summed E-state index contributed by atoms with van der Waals surface area (Å²) in [6.45, 7) is -5.34. The molecule has 21 heterocycles. The lowest BCUT2D eigenvalue weighted by Crippen LogP contribution is -2.69. The van der Waals surface area contributed by atoms with Crippen LogP contribution < -0.4 is 77.4 Å². The molecule has 120 heavy (non-hydrogen) atoms. The van der Waals surface area contributed by atoms with E-state index in [0.29, 0.717) is 0 Å². The van der Waals surface area contributed by atoms with Crippen molar-refractivity contribution >= 4 is 124 Å². The molecule has 49 nitrogen and oxygen atoms in total. The number of nitrogens with two attached hydrogens (primary N) is 7. The second kappa shape index (κ2) is 47.9. The first-order valence-electron chi connectivity index (χ1n) is 38.1. The first-order chi connectivity index (χ1) is 56.8. The number of carbonyl (C=O) groups excluding carboxylic acids is 6. The van der Waals surface area contributed by atoms with Gasteiger partial charge in [-0.1, -0.05) is 0 Å². The molecule has 0 aliphatic carbocycles. The molecule has 21 rings (SSSR count). The highest BCUT2D eigenvalue weighted by Crippen LogP contribution is 2.40. The molecule has 0 spiro atoms. The Kier molecular flexibility index (Phi) is 41.2. The summed E-state index contributed by atoms with van der Waals surface area (Å²) < 4.78 is 87.0. The quantitative estimate of drug-likeness (QED) is 0.0235. The first-order valence-corrected chi connectivity index (χ1v) is 42.5. The molecule has 0 aromatic rings. The highest BCUT2D eigenvalue weighted by Gasteiger charge is 2.60. The lowest BCUT2D eigenvalue weighted by Gasteiger charge is -2.50. The summed E-state index contributed by atoms with van der Waals surface area (Å²) in [5, 5.41) is 200. The van der Waals surface area contributed by atoms with Gasteiger partial charge in [0.1, 0.15) is 177 Å². The van der Waals surface area contributed by atoms with Gasteiger partial charge in [0.05, 0.1) is 36.3 Å². The van der Waals surface area contributed by atoms with Gasteiger partial charge in [-0.3, -0.25) is 34.1 Å². The van der Waals surface area contributed by atoms with E-state index in [1.165, 1.54) is 0 Å². The van der Waals surface area contributed by atoms with Crippen LogP contribution in [0.4, 0.5) is 0 Å². The van der Waals surface area contributed by atoms with Crippen LogP contribution in [0.2, 0.25) is 0 Å². The normalized spacial score (nSPS) is 41.6. The maximum atomic E-state index is 13.5. The number of hydrogen-bond acceptors (Lipinski definition) is 50. The molecule has 21 saturated heterocycles. The van der Waals surface area contributed by atoms with Crippen LogP contribution in [-0.4, -0.2) is 462 Å². The van der Waals surface area contributed by atoms with Gasteiger partial charge in [-0.15, -0.1) is 0 Å². The monoisotopic (exact) mass is 1860 g/mol. The SMILES string of the molecule is N[C@@H](CS)CC(=O)NC[C@H]1O[C@@H]2O[C@H]3[C@H](O)[C@@H](O)[C@@H](O[C@H]4[C@H](O)[C@@H](O)[C@@H](O[C@H]5[C@H](O)[C@@H](O)[C@@H](O[C@H]6[C@H](O)[C@@H](O)[C@@H](O[C@H]7[C@H](O)[C@@H](O)[C@@H](O[C@H]8[C@H](O)[C@@H](O)[C@@H](O[C@H]1[C@H](O)[C@H]2O)O[C@@H]8CNC(O)[C@@H](N)CS)O[C@@H]7CNC(=O)[C@@H](N)CS)O[C@@H]6CNC(=O)[C@@H](N)CS)O[C@@H]5CNC(=O)[C@@H](N)CS)O[C@@H]4CNC(=O)[C@@H](N)CS)O[C@@H]3CNC(=O)[C@@H](N)CS. The number of aliphatic hydroxyl groups excluding tert-OH is 15. The molecule has 0 radical (unpaired) electrons. The standard InChI is InChI=1S/C64H116N14O35S7/c65-16(9-114)1-30(79)72-2-23-45-31(80)38(87)58(100-23)108-46-24(3-73-52(94)17(66)10-115)102-60(40(89)33(46)82)110-48-26(5-75-54(96)19(68)12-117)104-62(42(91)35(48)84)112-50-28(7-77-56(98)21(70)14-119)106-64(44(93)37(50)86)113-51-29(8-78-57(99)22(71)15-120)105-63(43(92)36(51)85)111-49-27(6-76-55(97)20(69)13-118)103-61(41(90)34(49)83)109-47-25(4-74-53(95)18(67)11-116)101-59(107-45)39(88)32(47)81/h16-29,31-51,53,58-64,74,80-93,95,114-120H,1-15,65-71H2,(H,72,79)(H,73,94)(H,75,96)(H,76,97)(H,77,98)(H,78,99)/t16-,17+,18+,19+,20+,21+,22+,23-,24-,25-,26-,27-,28-,29-,31-,32-,33-,34-,35-,36-,37-,38-,39-,40-,41-,42-,43-,44-,45-,46-,47-,48-,49-,50-,51-,53?,58-,59-,60-,61-,62-,63-,64-/m1/s1. The molecular formula is C64H116N14O35S7. The van der Waals surface area contributed by atoms with Crippen molar-refractivity contribution in [1.29, 1.82) is 0 Å². The topological polar surface area (TPSA) is 801 Å². The van der Waals surface area contributed by atoms with Crippen molar-refractivity contribution in [2.75, 3.05) is 86.1 Å². The number of ether oxygens (including phenoxy) is 14. The lowest BCUT2D eigenvalue weighted by atomic mass is 9.94. The third-order valence-electron chi connectivity index (χ3n) is 20.9. The van der Waals surface area contributed by atoms with E-state index in [2.05, 4.69) is 126 Å². The van der Waals surface area contributed by atoms with E-state index < -0.39 is 345 Å². The van der Waals surface area contributed by atoms with Gasteiger partial charge in [0.15, 0.2) is 44.0 Å². The second-order valence-corrected chi connectivity index (χ2v) is 32.3. The van der Waals surface area contributed by atoms with Crippen LogP contribution in [0.1, 0.15) is 6.42 Å². The fraction of sp³-hybridized carbons (Fsp3) is 0.906. The summed E-state index contributed by atoms with van der Waals surface area (Å²) in [5.41, 5.74) is 42.1. The van der Waals surface area contributed by atoms with Gasteiger partial charge in [0, 0.05) is 98.5 Å². The van der Waals surface area contributed by atoms with E-state index in [-0.39, 0.29) is 46.7 Å². The van der Waals surface area contributed by atoms with Gasteiger partial charge in [-0.2, -0.15) is 88.4 Å². The third kappa shape index (κ3) is 25.9. The molecule has 14 bridgehead atoms. The number of aliphatic hydroxyl groups is 15. The van der Waals surface area contributed by atoms with Gasteiger partial charge >= 0.3 is 0 Å². The maximum absolute atomic E-state index is 13.5. The molecule has 36 N–H and O–H groups in total. The zero-order chi connectivity index (χ0) is 88.7. The van der Waals surface area contributed by atoms with Crippen LogP contribution in [0.15, 0.2) is 0 Å². The van der Waals surface area contributed by atoms with Crippen LogP contribution in [0, 0.1) is 0 Å². The average Bonchev–Trinajstić information content (AvgIpc) is 0.780. The lowest BCUT2D eigenvalue weighted by molar-refractivity contribution is -0.392. The largest absolute Gasteiger partial charge is 0.387 e. The summed E-state index contributed by atoms with van der Waals surface area (Å²) in [7, 11) is 0. The van der Waals surface area contributed by atoms with Crippen molar-refractivity contribution in [3.8, 4) is 0 Å². The van der Waals surface area contributed by atoms with E-state index in [0.717, 1.165) is 0 Å². The van der Waals surface area contributed by atoms with Gasteiger partial charge < -0.3 is 215 Å². The van der Waals surface area contributed by atoms with Gasteiger partial charge in [-0.05, 0) is 0 Å². The predicted octanol–water partition coefficient (Wildman–Crippen LogP) is -19.4. The molecule has 21 fully saturated rings. The molecule has 0 saturated carbocycles. The molecule has 1 unspecified atom stereocenters. The van der Waals surface area contributed by atoms with Crippen molar-refractivity contribution in [1.82, 2.24) is 37.2 Å². The summed E-state index contributed by atoms with van der Waals surface area (Å²) >= 11 is 28.7. The Morgan fingerprint density at radius 1 is 0.258 bits per heavy atom. The molecule has 0 aromatic carbocycles. The average molecular weight is 1870 g/mol. The van der Waals surface area contributed by atoms with Crippen molar-refractivity contribution in [2.24, 2.45) is 40.1 Å². The Labute approximate surface area is 724 Å². The van der Waals surface area contributed by atoms with Crippen LogP contribution in [0.25, 0.3) is 0 Å². The second-order valence-electron chi connectivity index (χ2n) is 29.7. The number of amides is 6. The number of hydrogen-bond donors (Lipinski definition) is 36. The summed E-state index contributed by atoms with van der Waals surface area (Å²) in [4.78, 5) is 80.5. The molecule has 43 atom stereocenters. The fourth-order valence-corrected chi connectivity index (χ4v) is 14.8. The summed E-state index contributed by atoms with van der Waals surface area (Å²) in [5.74, 6) is -6.68. The van der Waals surface area contributed by atoms with Crippen molar-refractivity contribution in [3.05, 3.63) is 0 Å². The summed E-state index contributed by atoms with van der Waals surface area (Å²) in [6, 6.07) is -8.59. The van der Waals surface area contributed by atoms with Crippen LogP contribution in [0.5, 0.6) is 0 Å². The number of thiol groups is 7. The Morgan fingerprint density at radius 3 is 0.617 bits per heavy atom. The highest BCUT2D eigenvalue weighted by atomic mass is 32.1. The Balaban J connectivity index is 1.26. The maximum Gasteiger partial charge on any atom is 0.237 e. The predicted molar refractivity (Wildman–Crippen MR) is 428 cm³/mol. The van der Waals surface area contributed by atoms with Crippen LogP contribution in [0.3, 0.4) is 0 Å². The van der Waals surface area contributed by atoms with E-state index in [1.54, 1.807) is 0 Å². The van der Waals surface area contributed by atoms with E-state index in [4.69, 9.17) is 106 Å². The van der Waals surface area contributed by atoms with Crippen molar-refractivity contribution in [3.63, 3.8) is 0 Å². The summed E-state index contributed by atoms with van der Waals surface area (Å²) in [6.07, 6.45) is -78.6. The zero-order valence-electron chi connectivity index (χ0n) is 64.0. The van der Waals surface area contributed by atoms with Gasteiger partial charge in [0.2, 0.25) is 35.4 Å².